The van der Waals surface area contributed by atoms with Crippen molar-refractivity contribution in [2.75, 3.05) is 33.4 Å². The second-order valence-electron chi connectivity index (χ2n) is 6.02. The molecule has 0 spiro atoms. The number of morpholine rings is 1. The second-order valence-corrected chi connectivity index (χ2v) is 7.96. The maximum atomic E-state index is 12.7. The minimum absolute atomic E-state index is 0.123. The molecule has 29 heavy (non-hydrogen) atoms. The summed E-state index contributed by atoms with van der Waals surface area (Å²) < 4.78 is 42.0. The van der Waals surface area contributed by atoms with Gasteiger partial charge in [0.2, 0.25) is 15.8 Å². The Morgan fingerprint density at radius 2 is 1.79 bits per heavy atom. The highest BCUT2D eigenvalue weighted by molar-refractivity contribution is 7.89. The largest absolute Gasteiger partial charge is 0.465 e. The third-order valence-electron chi connectivity index (χ3n) is 4.24. The van der Waals surface area contributed by atoms with Gasteiger partial charge < -0.3 is 14.2 Å². The van der Waals surface area contributed by atoms with E-state index in [4.69, 9.17) is 9.47 Å². The number of sulfonamides is 1. The number of carbonyl (C=O) groups is 1. The number of rotatable bonds is 6. The van der Waals surface area contributed by atoms with Gasteiger partial charge in [-0.05, 0) is 36.4 Å². The van der Waals surface area contributed by atoms with E-state index < -0.39 is 26.6 Å². The van der Waals surface area contributed by atoms with E-state index in [2.05, 4.69) is 4.74 Å². The number of esters is 1. The molecule has 1 aliphatic heterocycles. The molecule has 0 atom stereocenters. The summed E-state index contributed by atoms with van der Waals surface area (Å²) in [5.74, 6) is -0.411. The molecule has 1 saturated heterocycles. The maximum absolute atomic E-state index is 12.7. The molecule has 11 heteroatoms. The van der Waals surface area contributed by atoms with Crippen molar-refractivity contribution in [2.24, 2.45) is 0 Å². The number of nitro groups is 1. The first-order valence-electron chi connectivity index (χ1n) is 8.55. The van der Waals surface area contributed by atoms with Crippen molar-refractivity contribution in [3.8, 4) is 11.5 Å². The average molecular weight is 422 g/mol. The minimum Gasteiger partial charge on any atom is -0.465 e. The van der Waals surface area contributed by atoms with Gasteiger partial charge in [0.1, 0.15) is 5.75 Å². The van der Waals surface area contributed by atoms with Crippen LogP contribution in [0.3, 0.4) is 0 Å². The second kappa shape index (κ2) is 8.55. The van der Waals surface area contributed by atoms with Crippen LogP contribution in [0.25, 0.3) is 0 Å². The van der Waals surface area contributed by atoms with Gasteiger partial charge in [-0.15, -0.1) is 0 Å². The van der Waals surface area contributed by atoms with Gasteiger partial charge in [0, 0.05) is 19.2 Å². The molecule has 3 rings (SSSR count). The molecule has 2 aromatic carbocycles. The fourth-order valence-electron chi connectivity index (χ4n) is 2.73. The van der Waals surface area contributed by atoms with Crippen LogP contribution >= 0.6 is 0 Å². The van der Waals surface area contributed by atoms with Crippen molar-refractivity contribution in [3.05, 3.63) is 58.1 Å². The van der Waals surface area contributed by atoms with E-state index in [1.807, 2.05) is 0 Å². The molecule has 1 aliphatic rings. The van der Waals surface area contributed by atoms with Crippen LogP contribution in [0.1, 0.15) is 10.4 Å². The Hall–Kier alpha value is -3.02. The van der Waals surface area contributed by atoms with Crippen molar-refractivity contribution in [1.29, 1.82) is 0 Å². The third kappa shape index (κ3) is 4.53. The molecule has 0 unspecified atom stereocenters. The zero-order valence-corrected chi connectivity index (χ0v) is 16.3. The lowest BCUT2D eigenvalue weighted by Crippen LogP contribution is -2.40. The molecule has 1 heterocycles. The van der Waals surface area contributed by atoms with E-state index in [1.165, 1.54) is 47.8 Å². The molecule has 0 amide bonds. The van der Waals surface area contributed by atoms with Crippen LogP contribution in [0.5, 0.6) is 11.5 Å². The Labute approximate surface area is 166 Å². The number of methoxy groups -OCH3 is 1. The maximum Gasteiger partial charge on any atom is 0.337 e. The van der Waals surface area contributed by atoms with Crippen LogP contribution in [-0.2, 0) is 19.5 Å². The summed E-state index contributed by atoms with van der Waals surface area (Å²) >= 11 is 0. The lowest BCUT2D eigenvalue weighted by molar-refractivity contribution is -0.385. The number of carbonyl (C=O) groups excluding carboxylic acids is 1. The summed E-state index contributed by atoms with van der Waals surface area (Å²) in [5, 5.41) is 11.5. The van der Waals surface area contributed by atoms with Crippen molar-refractivity contribution in [3.63, 3.8) is 0 Å². The van der Waals surface area contributed by atoms with Crippen LogP contribution in [0, 0.1) is 10.1 Å². The zero-order valence-electron chi connectivity index (χ0n) is 15.4. The highest BCUT2D eigenvalue weighted by Gasteiger charge is 2.29. The topological polar surface area (TPSA) is 125 Å². The molecule has 10 nitrogen and oxygen atoms in total. The summed E-state index contributed by atoms with van der Waals surface area (Å²) in [6, 6.07) is 9.27. The molecule has 0 aliphatic carbocycles. The molecule has 0 N–H and O–H groups in total. The summed E-state index contributed by atoms with van der Waals surface area (Å²) in [6.45, 7) is 0.899. The average Bonchev–Trinajstić information content (AvgIpc) is 2.74. The first-order chi connectivity index (χ1) is 13.8. The van der Waals surface area contributed by atoms with Gasteiger partial charge in [0.25, 0.3) is 0 Å². The number of ether oxygens (including phenoxy) is 3. The van der Waals surface area contributed by atoms with E-state index in [0.717, 1.165) is 6.07 Å². The number of hydrogen-bond acceptors (Lipinski definition) is 8. The van der Waals surface area contributed by atoms with Crippen molar-refractivity contribution >= 4 is 21.7 Å². The number of nitrogens with zero attached hydrogens (tertiary/aromatic N) is 2. The summed E-state index contributed by atoms with van der Waals surface area (Å²) in [5.41, 5.74) is -0.197. The molecule has 2 aromatic rings. The highest BCUT2D eigenvalue weighted by Crippen LogP contribution is 2.34. The number of hydrogen-bond donors (Lipinski definition) is 0. The van der Waals surface area contributed by atoms with Crippen molar-refractivity contribution < 1.29 is 32.3 Å². The summed E-state index contributed by atoms with van der Waals surface area (Å²) in [6.07, 6.45) is 0. The molecular formula is C18H18N2O8S. The van der Waals surface area contributed by atoms with Crippen LogP contribution in [0.4, 0.5) is 5.69 Å². The van der Waals surface area contributed by atoms with Crippen molar-refractivity contribution in [1.82, 2.24) is 4.31 Å². The Morgan fingerprint density at radius 1 is 1.14 bits per heavy atom. The SMILES string of the molecule is COC(=O)c1ccc(Oc2ccc(S(=O)(=O)N3CCOCC3)cc2[N+](=O)[O-])cc1. The lowest BCUT2D eigenvalue weighted by atomic mass is 10.2. The predicted octanol–water partition coefficient (Wildman–Crippen LogP) is 2.19. The van der Waals surface area contributed by atoms with Crippen LogP contribution in [0.2, 0.25) is 0 Å². The fourth-order valence-corrected chi connectivity index (χ4v) is 4.16. The standard InChI is InChI=1S/C18H18N2O8S/c1-26-18(21)13-2-4-14(5-3-13)28-17-7-6-15(12-16(17)20(22)23)29(24,25)19-8-10-27-11-9-19/h2-7,12H,8-11H2,1H3. The molecule has 1 fully saturated rings. The van der Waals surface area contributed by atoms with Gasteiger partial charge >= 0.3 is 11.7 Å². The Balaban J connectivity index is 1.88. The molecule has 154 valence electrons. The summed E-state index contributed by atoms with van der Waals surface area (Å²) in [7, 11) is -2.63. The van der Waals surface area contributed by atoms with Gasteiger partial charge in [-0.3, -0.25) is 10.1 Å². The first-order valence-corrected chi connectivity index (χ1v) is 9.99. The highest BCUT2D eigenvalue weighted by atomic mass is 32.2. The molecule has 0 aromatic heterocycles. The van der Waals surface area contributed by atoms with Gasteiger partial charge in [-0.1, -0.05) is 0 Å². The number of nitro benzene ring substituents is 1. The van der Waals surface area contributed by atoms with Gasteiger partial charge in [-0.25, -0.2) is 13.2 Å². The first kappa shape index (κ1) is 20.7. The summed E-state index contributed by atoms with van der Waals surface area (Å²) in [4.78, 5) is 22.0. The van der Waals surface area contributed by atoms with E-state index in [-0.39, 0.29) is 42.7 Å². The lowest BCUT2D eigenvalue weighted by Gasteiger charge is -2.26. The van der Waals surface area contributed by atoms with Gasteiger partial charge in [-0.2, -0.15) is 4.31 Å². The molecular weight excluding hydrogens is 404 g/mol. The van der Waals surface area contributed by atoms with Gasteiger partial charge in [0.15, 0.2) is 0 Å². The minimum atomic E-state index is -3.88. The third-order valence-corrected chi connectivity index (χ3v) is 6.13. The smallest absolute Gasteiger partial charge is 0.337 e. The van der Waals surface area contributed by atoms with Crippen LogP contribution < -0.4 is 4.74 Å². The van der Waals surface area contributed by atoms with Gasteiger partial charge in [0.05, 0.1) is 35.7 Å². The molecule has 0 saturated carbocycles. The van der Waals surface area contributed by atoms with E-state index in [0.29, 0.717) is 5.56 Å². The number of benzene rings is 2. The van der Waals surface area contributed by atoms with E-state index in [9.17, 15) is 23.3 Å². The Kier molecular flexibility index (Phi) is 6.11. The van der Waals surface area contributed by atoms with Crippen LogP contribution in [-0.4, -0.2) is 57.0 Å². The zero-order chi connectivity index (χ0) is 21.0. The van der Waals surface area contributed by atoms with E-state index in [1.54, 1.807) is 0 Å². The van der Waals surface area contributed by atoms with E-state index >= 15 is 0 Å². The quantitative estimate of drug-likeness (QED) is 0.394. The van der Waals surface area contributed by atoms with Crippen LogP contribution in [0.15, 0.2) is 47.4 Å². The fraction of sp³-hybridized carbons (Fsp3) is 0.278. The Bertz CT molecular complexity index is 1010. The molecule has 0 radical (unpaired) electrons. The molecule has 0 bridgehead atoms. The predicted molar refractivity (Wildman–Crippen MR) is 101 cm³/mol. The normalized spacial score (nSPS) is 14.9. The monoisotopic (exact) mass is 422 g/mol. The van der Waals surface area contributed by atoms with Crippen molar-refractivity contribution in [2.45, 2.75) is 4.90 Å². The Morgan fingerprint density at radius 3 is 2.38 bits per heavy atom.